The predicted octanol–water partition coefficient (Wildman–Crippen LogP) is 15.3. The van der Waals surface area contributed by atoms with E-state index in [1.807, 2.05) is 0 Å². The van der Waals surface area contributed by atoms with Gasteiger partial charge in [0.05, 0.1) is 22.1 Å². The Kier molecular flexibility index (Phi) is 7.54. The monoisotopic (exact) mass is 751 g/mol. The highest BCUT2D eigenvalue weighted by atomic mass is 15.1. The van der Waals surface area contributed by atoms with Crippen LogP contribution in [0.25, 0.3) is 87.7 Å². The zero-order valence-corrected chi connectivity index (χ0v) is 32.2. The molecule has 0 saturated heterocycles. The molecule has 276 valence electrons. The molecule has 0 saturated carbocycles. The lowest BCUT2D eigenvalue weighted by Gasteiger charge is -2.26. The summed E-state index contributed by atoms with van der Waals surface area (Å²) >= 11 is 0. The van der Waals surface area contributed by atoms with Gasteiger partial charge < -0.3 is 14.0 Å². The van der Waals surface area contributed by atoms with E-state index in [1.54, 1.807) is 0 Å². The normalized spacial score (nSPS) is 11.7. The molecule has 0 aliphatic rings. The first-order valence-electron chi connectivity index (χ1n) is 20.3. The molecule has 3 heteroatoms. The van der Waals surface area contributed by atoms with E-state index in [9.17, 15) is 0 Å². The number of fused-ring (bicyclic) bond motifs is 9. The lowest BCUT2D eigenvalue weighted by molar-refractivity contribution is 1.16. The van der Waals surface area contributed by atoms with Crippen LogP contribution in [0.15, 0.2) is 224 Å². The van der Waals surface area contributed by atoms with Crippen LogP contribution in [0.5, 0.6) is 0 Å². The summed E-state index contributed by atoms with van der Waals surface area (Å²) in [6.07, 6.45) is 0. The molecule has 3 nitrogen and oxygen atoms in total. The topological polar surface area (TPSA) is 13.1 Å². The summed E-state index contributed by atoms with van der Waals surface area (Å²) < 4.78 is 4.89. The van der Waals surface area contributed by atoms with Gasteiger partial charge in [-0.1, -0.05) is 140 Å². The molecule has 0 aliphatic carbocycles. The molecule has 0 aliphatic heterocycles. The van der Waals surface area contributed by atoms with Crippen molar-refractivity contribution in [2.75, 3.05) is 4.90 Å². The van der Waals surface area contributed by atoms with Gasteiger partial charge in [0.2, 0.25) is 0 Å². The molecule has 2 aromatic heterocycles. The standard InChI is InChI=1S/C56H37N3/c1-3-17-43(18-4-1)57(45-31-28-39(29-32-45)42-27-26-38-14-7-8-16-41(38)34-42)46-21-13-22-47(35-46)59-52-25-12-11-24-49(52)50-36-51-55(37-54(50)59)58(44-19-5-2-6-20-44)53-33-30-40-15-9-10-23-48(40)56(51)53/h1-37H. The molecule has 0 N–H and O–H groups in total. The average Bonchev–Trinajstić information content (AvgIpc) is 3.81. The number of anilines is 3. The van der Waals surface area contributed by atoms with Gasteiger partial charge in [0.25, 0.3) is 0 Å². The molecule has 2 heterocycles. The fraction of sp³-hybridized carbons (Fsp3) is 0. The highest BCUT2D eigenvalue weighted by Crippen LogP contribution is 2.43. The van der Waals surface area contributed by atoms with Crippen molar-refractivity contribution in [3.05, 3.63) is 224 Å². The van der Waals surface area contributed by atoms with Gasteiger partial charge in [-0.15, -0.1) is 0 Å². The molecule has 0 fully saturated rings. The van der Waals surface area contributed by atoms with E-state index in [4.69, 9.17) is 0 Å². The molecule has 0 bridgehead atoms. The van der Waals surface area contributed by atoms with Crippen LogP contribution < -0.4 is 4.90 Å². The fourth-order valence-electron chi connectivity index (χ4n) is 9.35. The highest BCUT2D eigenvalue weighted by Gasteiger charge is 2.21. The quantitative estimate of drug-likeness (QED) is 0.165. The third-order valence-corrected chi connectivity index (χ3v) is 12.0. The van der Waals surface area contributed by atoms with Crippen molar-refractivity contribution in [1.82, 2.24) is 9.13 Å². The van der Waals surface area contributed by atoms with E-state index in [1.165, 1.54) is 76.3 Å². The Bertz CT molecular complexity index is 3540. The molecule has 0 radical (unpaired) electrons. The van der Waals surface area contributed by atoms with E-state index in [2.05, 4.69) is 238 Å². The summed E-state index contributed by atoms with van der Waals surface area (Å²) in [4.78, 5) is 2.36. The van der Waals surface area contributed by atoms with Gasteiger partial charge in [-0.25, -0.2) is 0 Å². The Labute approximate surface area is 341 Å². The molecular weight excluding hydrogens is 715 g/mol. The first kappa shape index (κ1) is 33.3. The van der Waals surface area contributed by atoms with Crippen LogP contribution in [0.3, 0.4) is 0 Å². The number of nitrogens with zero attached hydrogens (tertiary/aromatic N) is 3. The Morgan fingerprint density at radius 2 is 0.864 bits per heavy atom. The van der Waals surface area contributed by atoms with E-state index < -0.39 is 0 Å². The smallest absolute Gasteiger partial charge is 0.0562 e. The van der Waals surface area contributed by atoms with Crippen molar-refractivity contribution in [3.63, 3.8) is 0 Å². The van der Waals surface area contributed by atoms with Crippen molar-refractivity contribution in [2.24, 2.45) is 0 Å². The number of benzene rings is 10. The third-order valence-electron chi connectivity index (χ3n) is 12.0. The van der Waals surface area contributed by atoms with Gasteiger partial charge in [-0.2, -0.15) is 0 Å². The van der Waals surface area contributed by atoms with E-state index in [0.29, 0.717) is 0 Å². The Morgan fingerprint density at radius 1 is 0.271 bits per heavy atom. The summed E-state index contributed by atoms with van der Waals surface area (Å²) in [5.41, 5.74) is 12.7. The molecule has 0 atom stereocenters. The van der Waals surface area contributed by atoms with Crippen molar-refractivity contribution < 1.29 is 0 Å². The Hall–Kier alpha value is -7.88. The van der Waals surface area contributed by atoms with E-state index >= 15 is 0 Å². The average molecular weight is 752 g/mol. The Balaban J connectivity index is 1.06. The van der Waals surface area contributed by atoms with Crippen LogP contribution in [0, 0.1) is 0 Å². The minimum absolute atomic E-state index is 1.09. The fourth-order valence-corrected chi connectivity index (χ4v) is 9.35. The summed E-state index contributed by atoms with van der Waals surface area (Å²) in [6.45, 7) is 0. The molecule has 12 aromatic rings. The van der Waals surface area contributed by atoms with Crippen LogP contribution in [-0.2, 0) is 0 Å². The minimum atomic E-state index is 1.09. The maximum absolute atomic E-state index is 2.45. The van der Waals surface area contributed by atoms with Gasteiger partial charge >= 0.3 is 0 Å². The second-order valence-corrected chi connectivity index (χ2v) is 15.4. The second kappa shape index (κ2) is 13.4. The summed E-state index contributed by atoms with van der Waals surface area (Å²) in [5, 5.41) is 10.0. The van der Waals surface area contributed by atoms with Crippen LogP contribution in [-0.4, -0.2) is 9.13 Å². The molecule has 0 spiro atoms. The second-order valence-electron chi connectivity index (χ2n) is 15.4. The predicted molar refractivity (Wildman–Crippen MR) is 250 cm³/mol. The zero-order valence-electron chi connectivity index (χ0n) is 32.2. The van der Waals surface area contributed by atoms with Crippen molar-refractivity contribution in [3.8, 4) is 22.5 Å². The number of para-hydroxylation sites is 3. The lowest BCUT2D eigenvalue weighted by atomic mass is 10.0. The van der Waals surface area contributed by atoms with Gasteiger partial charge in [0, 0.05) is 50.0 Å². The van der Waals surface area contributed by atoms with Gasteiger partial charge in [-0.05, 0) is 118 Å². The molecule has 10 aromatic carbocycles. The van der Waals surface area contributed by atoms with Gasteiger partial charge in [0.15, 0.2) is 0 Å². The highest BCUT2D eigenvalue weighted by molar-refractivity contribution is 6.25. The first-order chi connectivity index (χ1) is 29.3. The molecular formula is C56H37N3. The zero-order chi connectivity index (χ0) is 38.9. The number of rotatable bonds is 6. The molecule has 12 rings (SSSR count). The van der Waals surface area contributed by atoms with Crippen molar-refractivity contribution in [1.29, 1.82) is 0 Å². The number of aromatic nitrogens is 2. The van der Waals surface area contributed by atoms with Gasteiger partial charge in [-0.3, -0.25) is 0 Å². The van der Waals surface area contributed by atoms with Crippen molar-refractivity contribution in [2.45, 2.75) is 0 Å². The largest absolute Gasteiger partial charge is 0.310 e. The summed E-state index contributed by atoms with van der Waals surface area (Å²) in [5.74, 6) is 0. The van der Waals surface area contributed by atoms with Crippen LogP contribution >= 0.6 is 0 Å². The minimum Gasteiger partial charge on any atom is -0.310 e. The number of hydrogen-bond acceptors (Lipinski definition) is 1. The molecule has 0 amide bonds. The first-order valence-corrected chi connectivity index (χ1v) is 20.3. The summed E-state index contributed by atoms with van der Waals surface area (Å²) in [6, 6.07) is 81.7. The molecule has 0 unspecified atom stereocenters. The number of hydrogen-bond donors (Lipinski definition) is 0. The summed E-state index contributed by atoms with van der Waals surface area (Å²) in [7, 11) is 0. The van der Waals surface area contributed by atoms with Crippen LogP contribution in [0.2, 0.25) is 0 Å². The van der Waals surface area contributed by atoms with E-state index in [0.717, 1.165) is 28.4 Å². The van der Waals surface area contributed by atoms with Crippen LogP contribution in [0.4, 0.5) is 17.1 Å². The molecule has 59 heavy (non-hydrogen) atoms. The van der Waals surface area contributed by atoms with Gasteiger partial charge in [0.1, 0.15) is 0 Å². The van der Waals surface area contributed by atoms with Crippen LogP contribution in [0.1, 0.15) is 0 Å². The van der Waals surface area contributed by atoms with Crippen molar-refractivity contribution >= 4 is 82.2 Å². The lowest BCUT2D eigenvalue weighted by Crippen LogP contribution is -2.10. The van der Waals surface area contributed by atoms with E-state index in [-0.39, 0.29) is 0 Å². The Morgan fingerprint density at radius 3 is 1.69 bits per heavy atom. The maximum atomic E-state index is 2.45. The third kappa shape index (κ3) is 5.36. The maximum Gasteiger partial charge on any atom is 0.0562 e. The SMILES string of the molecule is c1ccc(N(c2ccc(-c3ccc4ccccc4c3)cc2)c2cccc(-n3c4ccccc4c4cc5c6c7ccccc7ccc6n(-c6ccccc6)c5cc43)c2)cc1.